The molecule has 1 aliphatic heterocycles. The molecule has 3 rings (SSSR count). The first-order valence-electron chi connectivity index (χ1n) is 9.07. The molecule has 2 amide bonds. The fourth-order valence-electron chi connectivity index (χ4n) is 2.85. The summed E-state index contributed by atoms with van der Waals surface area (Å²) in [6, 6.07) is 13.9. The Labute approximate surface area is 158 Å². The minimum atomic E-state index is -0.616. The molecule has 2 N–H and O–H groups in total. The molecule has 2 aromatic rings. The number of fused-ring (bicyclic) bond motifs is 1. The van der Waals surface area contributed by atoms with E-state index in [1.807, 2.05) is 38.1 Å². The molecule has 0 aliphatic carbocycles. The van der Waals surface area contributed by atoms with Gasteiger partial charge in [0.1, 0.15) is 19.3 Å². The van der Waals surface area contributed by atoms with Crippen LogP contribution in [-0.4, -0.2) is 31.1 Å². The normalized spacial score (nSPS) is 13.7. The Morgan fingerprint density at radius 1 is 1.00 bits per heavy atom. The van der Waals surface area contributed by atoms with E-state index in [0.29, 0.717) is 36.8 Å². The first-order valence-corrected chi connectivity index (χ1v) is 9.07. The van der Waals surface area contributed by atoms with Crippen molar-refractivity contribution in [3.05, 3.63) is 59.7 Å². The molecule has 1 atom stereocenters. The Hall–Kier alpha value is -3.02. The topological polar surface area (TPSA) is 76.7 Å². The van der Waals surface area contributed by atoms with Crippen molar-refractivity contribution in [3.63, 3.8) is 0 Å². The fourth-order valence-corrected chi connectivity index (χ4v) is 2.85. The van der Waals surface area contributed by atoms with E-state index in [1.54, 1.807) is 24.3 Å². The van der Waals surface area contributed by atoms with Gasteiger partial charge in [-0.15, -0.1) is 0 Å². The summed E-state index contributed by atoms with van der Waals surface area (Å²) < 4.78 is 11.1. The molecular weight excluding hydrogens is 344 g/mol. The molecule has 6 heteroatoms. The summed E-state index contributed by atoms with van der Waals surface area (Å²) >= 11 is 0. The van der Waals surface area contributed by atoms with Gasteiger partial charge in [0.25, 0.3) is 5.91 Å². The number of nitrogens with one attached hydrogen (secondary N) is 2. The van der Waals surface area contributed by atoms with Crippen LogP contribution >= 0.6 is 0 Å². The van der Waals surface area contributed by atoms with Gasteiger partial charge in [-0.05, 0) is 35.7 Å². The maximum atomic E-state index is 12.6. The van der Waals surface area contributed by atoms with Crippen molar-refractivity contribution < 1.29 is 19.1 Å². The predicted molar refractivity (Wildman–Crippen MR) is 102 cm³/mol. The lowest BCUT2D eigenvalue weighted by Gasteiger charge is -2.22. The average molecular weight is 368 g/mol. The van der Waals surface area contributed by atoms with Gasteiger partial charge in [0, 0.05) is 12.1 Å². The Morgan fingerprint density at radius 2 is 1.70 bits per heavy atom. The first kappa shape index (κ1) is 18.8. The molecule has 0 aromatic heterocycles. The highest BCUT2D eigenvalue weighted by Crippen LogP contribution is 2.30. The highest BCUT2D eigenvalue weighted by Gasteiger charge is 2.24. The van der Waals surface area contributed by atoms with Gasteiger partial charge in [-0.3, -0.25) is 9.59 Å². The molecule has 0 radical (unpaired) electrons. The quantitative estimate of drug-likeness (QED) is 0.821. The largest absolute Gasteiger partial charge is 0.486 e. The lowest BCUT2D eigenvalue weighted by Crippen LogP contribution is -2.49. The first-order chi connectivity index (χ1) is 13.0. The standard InChI is InChI=1S/C21H24N2O4/c1-14(2)19(23-20(24)16-6-4-3-5-7-16)21(25)22-13-15-8-9-17-18(12-15)27-11-10-26-17/h3-9,12,14,19H,10-11,13H2,1-2H3,(H,22,25)(H,23,24)/t19-/m0/s1. The molecule has 0 unspecified atom stereocenters. The summed E-state index contributed by atoms with van der Waals surface area (Å²) in [7, 11) is 0. The van der Waals surface area contributed by atoms with Crippen molar-refractivity contribution in [2.45, 2.75) is 26.4 Å². The van der Waals surface area contributed by atoms with Gasteiger partial charge in [0.2, 0.25) is 5.91 Å². The van der Waals surface area contributed by atoms with Crippen LogP contribution < -0.4 is 20.1 Å². The third-order valence-corrected chi connectivity index (χ3v) is 4.35. The van der Waals surface area contributed by atoms with Gasteiger partial charge in [-0.1, -0.05) is 38.1 Å². The van der Waals surface area contributed by atoms with Gasteiger partial charge >= 0.3 is 0 Å². The summed E-state index contributed by atoms with van der Waals surface area (Å²) in [6.45, 7) is 5.21. The molecule has 6 nitrogen and oxygen atoms in total. The number of carbonyl (C=O) groups excluding carboxylic acids is 2. The fraction of sp³-hybridized carbons (Fsp3) is 0.333. The monoisotopic (exact) mass is 368 g/mol. The molecule has 0 bridgehead atoms. The van der Waals surface area contributed by atoms with Crippen LogP contribution in [0, 0.1) is 5.92 Å². The summed E-state index contributed by atoms with van der Waals surface area (Å²) in [6.07, 6.45) is 0. The Balaban J connectivity index is 1.61. The zero-order valence-electron chi connectivity index (χ0n) is 15.5. The molecular formula is C21H24N2O4. The van der Waals surface area contributed by atoms with Gasteiger partial charge in [-0.2, -0.15) is 0 Å². The summed E-state index contributed by atoms with van der Waals surface area (Å²) in [5.74, 6) is 0.878. The Kier molecular flexibility index (Phi) is 5.96. The van der Waals surface area contributed by atoms with Crippen molar-refractivity contribution in [1.82, 2.24) is 10.6 Å². The molecule has 27 heavy (non-hydrogen) atoms. The highest BCUT2D eigenvalue weighted by atomic mass is 16.6. The maximum Gasteiger partial charge on any atom is 0.251 e. The van der Waals surface area contributed by atoms with Gasteiger partial charge in [-0.25, -0.2) is 0 Å². The van der Waals surface area contributed by atoms with E-state index in [0.717, 1.165) is 5.56 Å². The van der Waals surface area contributed by atoms with Crippen LogP contribution in [0.25, 0.3) is 0 Å². The minimum Gasteiger partial charge on any atom is -0.486 e. The van der Waals surface area contributed by atoms with Crippen LogP contribution in [0.15, 0.2) is 48.5 Å². The second-order valence-electron chi connectivity index (χ2n) is 6.76. The molecule has 0 fully saturated rings. The molecule has 0 spiro atoms. The maximum absolute atomic E-state index is 12.6. The molecule has 142 valence electrons. The van der Waals surface area contributed by atoms with E-state index >= 15 is 0 Å². The highest BCUT2D eigenvalue weighted by molar-refractivity contribution is 5.97. The number of rotatable bonds is 6. The molecule has 2 aromatic carbocycles. The number of benzene rings is 2. The summed E-state index contributed by atoms with van der Waals surface area (Å²) in [4.78, 5) is 25.0. The van der Waals surface area contributed by atoms with E-state index in [2.05, 4.69) is 10.6 Å². The number of ether oxygens (including phenoxy) is 2. The van der Waals surface area contributed by atoms with Crippen molar-refractivity contribution >= 4 is 11.8 Å². The van der Waals surface area contributed by atoms with Crippen LogP contribution in [0.1, 0.15) is 29.8 Å². The van der Waals surface area contributed by atoms with E-state index in [1.165, 1.54) is 0 Å². The second-order valence-corrected chi connectivity index (χ2v) is 6.76. The van der Waals surface area contributed by atoms with Crippen LogP contribution in [0.5, 0.6) is 11.5 Å². The average Bonchev–Trinajstić information content (AvgIpc) is 2.70. The molecule has 0 saturated carbocycles. The van der Waals surface area contributed by atoms with Crippen LogP contribution in [0.4, 0.5) is 0 Å². The van der Waals surface area contributed by atoms with Crippen molar-refractivity contribution in [2.75, 3.05) is 13.2 Å². The lowest BCUT2D eigenvalue weighted by molar-refractivity contribution is -0.124. The van der Waals surface area contributed by atoms with Crippen molar-refractivity contribution in [2.24, 2.45) is 5.92 Å². The minimum absolute atomic E-state index is 0.0436. The van der Waals surface area contributed by atoms with Crippen molar-refractivity contribution in [1.29, 1.82) is 0 Å². The lowest BCUT2D eigenvalue weighted by atomic mass is 10.0. The van der Waals surface area contributed by atoms with E-state index < -0.39 is 6.04 Å². The number of amides is 2. The number of carbonyl (C=O) groups is 2. The predicted octanol–water partition coefficient (Wildman–Crippen LogP) is 2.53. The van der Waals surface area contributed by atoms with Crippen LogP contribution in [0.3, 0.4) is 0 Å². The van der Waals surface area contributed by atoms with Crippen LogP contribution in [-0.2, 0) is 11.3 Å². The third-order valence-electron chi connectivity index (χ3n) is 4.35. The molecule has 1 heterocycles. The number of hydrogen-bond acceptors (Lipinski definition) is 4. The second kappa shape index (κ2) is 8.58. The van der Waals surface area contributed by atoms with Crippen LogP contribution in [0.2, 0.25) is 0 Å². The number of hydrogen-bond donors (Lipinski definition) is 2. The van der Waals surface area contributed by atoms with Gasteiger partial charge in [0.15, 0.2) is 11.5 Å². The summed E-state index contributed by atoms with van der Waals surface area (Å²) in [5, 5.41) is 5.72. The zero-order chi connectivity index (χ0) is 19.2. The zero-order valence-corrected chi connectivity index (χ0v) is 15.5. The Bertz CT molecular complexity index is 805. The third kappa shape index (κ3) is 4.78. The SMILES string of the molecule is CC(C)[C@H](NC(=O)c1ccccc1)C(=O)NCc1ccc2c(c1)OCCO2. The van der Waals surface area contributed by atoms with Gasteiger partial charge in [0.05, 0.1) is 0 Å². The van der Waals surface area contributed by atoms with E-state index in [9.17, 15) is 9.59 Å². The Morgan fingerprint density at radius 3 is 2.41 bits per heavy atom. The smallest absolute Gasteiger partial charge is 0.251 e. The molecule has 1 aliphatic rings. The van der Waals surface area contributed by atoms with Crippen molar-refractivity contribution in [3.8, 4) is 11.5 Å². The van der Waals surface area contributed by atoms with E-state index in [4.69, 9.17) is 9.47 Å². The summed E-state index contributed by atoms with van der Waals surface area (Å²) in [5.41, 5.74) is 1.44. The van der Waals surface area contributed by atoms with E-state index in [-0.39, 0.29) is 17.7 Å². The van der Waals surface area contributed by atoms with Gasteiger partial charge < -0.3 is 20.1 Å². The molecule has 0 saturated heterocycles.